The van der Waals surface area contributed by atoms with Gasteiger partial charge in [-0.3, -0.25) is 0 Å². The second-order valence-electron chi connectivity index (χ2n) is 8.35. The van der Waals surface area contributed by atoms with E-state index in [0.717, 1.165) is 17.7 Å². The number of hydrogen-bond acceptors (Lipinski definition) is 5. The van der Waals surface area contributed by atoms with Gasteiger partial charge in [0.1, 0.15) is 11.2 Å². The van der Waals surface area contributed by atoms with Gasteiger partial charge in [-0.2, -0.15) is 0 Å². The zero-order valence-electron chi connectivity index (χ0n) is 15.8. The maximum absolute atomic E-state index is 12.6. The standard InChI is InChI=1S/C17H32N2O4/c1-12-9-10-13(11-18(12)8)19(14(20)22-16(2,3)4)15(21)23-17(5,6)7/h12-13H,9-11H2,1-8H3. The molecule has 0 saturated carbocycles. The van der Waals surface area contributed by atoms with Crippen molar-refractivity contribution in [3.63, 3.8) is 0 Å². The normalized spacial score (nSPS) is 23.3. The molecule has 134 valence electrons. The molecule has 6 heteroatoms. The van der Waals surface area contributed by atoms with Crippen molar-refractivity contribution < 1.29 is 19.1 Å². The lowest BCUT2D eigenvalue weighted by Crippen LogP contribution is -2.55. The SMILES string of the molecule is CC1CCC(N(C(=O)OC(C)(C)C)C(=O)OC(C)(C)C)CN1C. The highest BCUT2D eigenvalue weighted by molar-refractivity contribution is 5.88. The summed E-state index contributed by atoms with van der Waals surface area (Å²) in [6.45, 7) is 13.5. The Kier molecular flexibility index (Phi) is 6.07. The Balaban J connectivity index is 2.96. The van der Waals surface area contributed by atoms with Crippen molar-refractivity contribution in [3.8, 4) is 0 Å². The van der Waals surface area contributed by atoms with Crippen LogP contribution in [0.4, 0.5) is 9.59 Å². The van der Waals surface area contributed by atoms with Crippen LogP contribution in [0.1, 0.15) is 61.3 Å². The van der Waals surface area contributed by atoms with Crippen LogP contribution in [0.5, 0.6) is 0 Å². The molecule has 1 fully saturated rings. The number of likely N-dealkylation sites (tertiary alicyclic amines) is 1. The number of nitrogens with zero attached hydrogens (tertiary/aromatic N) is 2. The number of imide groups is 1. The molecule has 2 amide bonds. The second kappa shape index (κ2) is 7.07. The zero-order chi connectivity index (χ0) is 18.0. The highest BCUT2D eigenvalue weighted by Gasteiger charge is 2.39. The first-order valence-corrected chi connectivity index (χ1v) is 8.25. The number of ether oxygens (including phenoxy) is 2. The van der Waals surface area contributed by atoms with Crippen LogP contribution in [0.15, 0.2) is 0 Å². The lowest BCUT2D eigenvalue weighted by atomic mass is 9.99. The van der Waals surface area contributed by atoms with Gasteiger partial charge in [-0.1, -0.05) is 0 Å². The van der Waals surface area contributed by atoms with Gasteiger partial charge in [0, 0.05) is 12.6 Å². The van der Waals surface area contributed by atoms with Gasteiger partial charge >= 0.3 is 12.2 Å². The molecule has 0 aliphatic carbocycles. The van der Waals surface area contributed by atoms with Crippen LogP contribution in [-0.4, -0.2) is 58.9 Å². The minimum absolute atomic E-state index is 0.235. The Morgan fingerprint density at radius 3 is 1.74 bits per heavy atom. The molecule has 2 unspecified atom stereocenters. The molecule has 1 aliphatic heterocycles. The minimum atomic E-state index is -0.662. The average Bonchev–Trinajstić information content (AvgIpc) is 2.29. The highest BCUT2D eigenvalue weighted by atomic mass is 16.6. The number of likely N-dealkylation sites (N-methyl/N-ethyl adjacent to an activating group) is 1. The summed E-state index contributed by atoms with van der Waals surface area (Å²) in [5.74, 6) is 0. The largest absolute Gasteiger partial charge is 0.443 e. The topological polar surface area (TPSA) is 59.1 Å². The van der Waals surface area contributed by atoms with Gasteiger partial charge in [0.15, 0.2) is 0 Å². The average molecular weight is 328 g/mol. The summed E-state index contributed by atoms with van der Waals surface area (Å²) in [7, 11) is 2.00. The fourth-order valence-electron chi connectivity index (χ4n) is 2.46. The second-order valence-corrected chi connectivity index (χ2v) is 8.35. The quantitative estimate of drug-likeness (QED) is 0.735. The Morgan fingerprint density at radius 1 is 0.957 bits per heavy atom. The van der Waals surface area contributed by atoms with Gasteiger partial charge in [-0.15, -0.1) is 0 Å². The van der Waals surface area contributed by atoms with Crippen LogP contribution >= 0.6 is 0 Å². The van der Waals surface area contributed by atoms with Crippen LogP contribution in [0.2, 0.25) is 0 Å². The van der Waals surface area contributed by atoms with Crippen LogP contribution in [0.25, 0.3) is 0 Å². The van der Waals surface area contributed by atoms with Crippen molar-refractivity contribution in [2.24, 2.45) is 0 Å². The smallest absolute Gasteiger partial charge is 0.420 e. The molecule has 2 atom stereocenters. The van der Waals surface area contributed by atoms with E-state index in [2.05, 4.69) is 11.8 Å². The molecule has 6 nitrogen and oxygen atoms in total. The van der Waals surface area contributed by atoms with Gasteiger partial charge in [-0.05, 0) is 68.4 Å². The zero-order valence-corrected chi connectivity index (χ0v) is 15.8. The fraction of sp³-hybridized carbons (Fsp3) is 0.882. The first kappa shape index (κ1) is 19.7. The van der Waals surface area contributed by atoms with E-state index in [1.54, 1.807) is 41.5 Å². The summed E-state index contributed by atoms with van der Waals surface area (Å²) in [6.07, 6.45) is 0.396. The molecule has 0 aromatic heterocycles. The minimum Gasteiger partial charge on any atom is -0.443 e. The van der Waals surface area contributed by atoms with Gasteiger partial charge in [0.05, 0.1) is 6.04 Å². The molecule has 0 aromatic rings. The Labute approximate surface area is 140 Å². The van der Waals surface area contributed by atoms with Crippen molar-refractivity contribution in [3.05, 3.63) is 0 Å². The third-order valence-corrected chi connectivity index (χ3v) is 3.71. The van der Waals surface area contributed by atoms with E-state index in [0.29, 0.717) is 12.6 Å². The number of hydrogen-bond donors (Lipinski definition) is 0. The van der Waals surface area contributed by atoms with Crippen molar-refractivity contribution in [1.82, 2.24) is 9.80 Å². The molecule has 1 rings (SSSR count). The molecule has 0 radical (unpaired) electrons. The third kappa shape index (κ3) is 6.37. The van der Waals surface area contributed by atoms with E-state index in [9.17, 15) is 9.59 Å². The molecule has 1 saturated heterocycles. The number of carbonyl (C=O) groups excluding carboxylic acids is 2. The summed E-state index contributed by atoms with van der Waals surface area (Å²) in [5.41, 5.74) is -1.32. The molecule has 0 spiro atoms. The first-order valence-electron chi connectivity index (χ1n) is 8.25. The monoisotopic (exact) mass is 328 g/mol. The van der Waals surface area contributed by atoms with Crippen molar-refractivity contribution in [2.45, 2.75) is 84.6 Å². The summed E-state index contributed by atoms with van der Waals surface area (Å²) in [5, 5.41) is 0. The van der Waals surface area contributed by atoms with Crippen LogP contribution in [-0.2, 0) is 9.47 Å². The number of carbonyl (C=O) groups is 2. The van der Waals surface area contributed by atoms with E-state index in [1.807, 2.05) is 7.05 Å². The predicted molar refractivity (Wildman–Crippen MR) is 89.4 cm³/mol. The van der Waals surface area contributed by atoms with Crippen LogP contribution in [0, 0.1) is 0 Å². The number of piperidine rings is 1. The van der Waals surface area contributed by atoms with E-state index in [1.165, 1.54) is 0 Å². The Morgan fingerprint density at radius 2 is 1.39 bits per heavy atom. The van der Waals surface area contributed by atoms with Gasteiger partial charge in [-0.25, -0.2) is 14.5 Å². The van der Waals surface area contributed by atoms with Gasteiger partial charge in [0.2, 0.25) is 0 Å². The first-order chi connectivity index (χ1) is 10.3. The highest BCUT2D eigenvalue weighted by Crippen LogP contribution is 2.24. The van der Waals surface area contributed by atoms with Crippen molar-refractivity contribution in [2.75, 3.05) is 13.6 Å². The lowest BCUT2D eigenvalue weighted by molar-refractivity contribution is -0.0167. The maximum atomic E-state index is 12.6. The molecule has 1 aliphatic rings. The van der Waals surface area contributed by atoms with E-state index in [-0.39, 0.29) is 6.04 Å². The number of amides is 2. The summed E-state index contributed by atoms with van der Waals surface area (Å²) in [4.78, 5) is 28.4. The van der Waals surface area contributed by atoms with Gasteiger partial charge in [0.25, 0.3) is 0 Å². The molecule has 0 N–H and O–H groups in total. The van der Waals surface area contributed by atoms with Crippen LogP contribution in [0.3, 0.4) is 0 Å². The third-order valence-electron chi connectivity index (χ3n) is 3.71. The van der Waals surface area contributed by atoms with Gasteiger partial charge < -0.3 is 14.4 Å². The number of rotatable bonds is 1. The molecule has 23 heavy (non-hydrogen) atoms. The maximum Gasteiger partial charge on any atom is 0.420 e. The van der Waals surface area contributed by atoms with Crippen molar-refractivity contribution >= 4 is 12.2 Å². The van der Waals surface area contributed by atoms with Crippen molar-refractivity contribution in [1.29, 1.82) is 0 Å². The Bertz CT molecular complexity index is 409. The fourth-order valence-corrected chi connectivity index (χ4v) is 2.46. The summed E-state index contributed by atoms with van der Waals surface area (Å²) in [6, 6.07) is 0.200. The van der Waals surface area contributed by atoms with E-state index >= 15 is 0 Å². The predicted octanol–water partition coefficient (Wildman–Crippen LogP) is 3.64. The lowest BCUT2D eigenvalue weighted by Gasteiger charge is -2.40. The molecule has 0 bridgehead atoms. The Hall–Kier alpha value is -1.30. The van der Waals surface area contributed by atoms with E-state index < -0.39 is 23.4 Å². The molecular weight excluding hydrogens is 296 g/mol. The molecular formula is C17H32N2O4. The van der Waals surface area contributed by atoms with E-state index in [4.69, 9.17) is 9.47 Å². The molecule has 1 heterocycles. The summed E-state index contributed by atoms with van der Waals surface area (Å²) < 4.78 is 10.8. The molecule has 0 aromatic carbocycles. The summed E-state index contributed by atoms with van der Waals surface area (Å²) >= 11 is 0. The van der Waals surface area contributed by atoms with Crippen LogP contribution < -0.4 is 0 Å².